The van der Waals surface area contributed by atoms with Crippen LogP contribution in [0.2, 0.25) is 0 Å². The Kier molecular flexibility index (Phi) is 15.5. The van der Waals surface area contributed by atoms with Crippen molar-refractivity contribution in [1.82, 2.24) is 0 Å². The molecule has 2 atom stereocenters. The number of unbranched alkanes of at least 4 members (excludes halogenated alkanes) is 2. The molecule has 8 heteroatoms. The first-order valence-corrected chi connectivity index (χ1v) is 9.65. The van der Waals surface area contributed by atoms with Gasteiger partial charge in [0.15, 0.2) is 0 Å². The maximum absolute atomic E-state index is 12.4. The van der Waals surface area contributed by atoms with E-state index in [0.29, 0.717) is 6.42 Å². The third-order valence-corrected chi connectivity index (χ3v) is 3.88. The van der Waals surface area contributed by atoms with Gasteiger partial charge in [0.25, 0.3) is 0 Å². The molecule has 0 aliphatic rings. The van der Waals surface area contributed by atoms with Gasteiger partial charge in [0, 0.05) is 0 Å². The molecule has 0 bridgehead atoms. The summed E-state index contributed by atoms with van der Waals surface area (Å²) in [6.07, 6.45) is 2.92. The van der Waals surface area contributed by atoms with Gasteiger partial charge in [-0.3, -0.25) is 14.4 Å². The SMILES string of the molecule is CCCCOC(=O)C(C)C(CC(=O)OCCOCCO)C(=O)OCCCC. The highest BCUT2D eigenvalue weighted by atomic mass is 16.6. The Morgan fingerprint density at radius 3 is 1.96 bits per heavy atom. The Bertz CT molecular complexity index is 424. The van der Waals surface area contributed by atoms with Gasteiger partial charge in [-0.2, -0.15) is 0 Å². The van der Waals surface area contributed by atoms with Crippen LogP contribution in [-0.4, -0.2) is 62.7 Å². The van der Waals surface area contributed by atoms with Gasteiger partial charge in [0.1, 0.15) is 6.61 Å². The molecule has 0 rings (SSSR count). The summed E-state index contributed by atoms with van der Waals surface area (Å²) in [5.74, 6) is -3.51. The highest BCUT2D eigenvalue weighted by molar-refractivity contribution is 5.85. The second-order valence-electron chi connectivity index (χ2n) is 6.20. The molecule has 0 amide bonds. The lowest BCUT2D eigenvalue weighted by atomic mass is 9.91. The average molecular weight is 390 g/mol. The second kappa shape index (κ2) is 16.5. The van der Waals surface area contributed by atoms with E-state index in [1.54, 1.807) is 6.92 Å². The molecule has 0 aromatic carbocycles. The van der Waals surface area contributed by atoms with Crippen LogP contribution in [0.1, 0.15) is 52.9 Å². The number of hydrogen-bond acceptors (Lipinski definition) is 8. The standard InChI is InChI=1S/C19H34O8/c1-4-6-9-26-18(22)15(3)16(19(23)27-10-7-5-2)14-17(21)25-13-12-24-11-8-20/h15-16,20H,4-14H2,1-3H3. The number of aliphatic hydroxyl groups is 1. The minimum Gasteiger partial charge on any atom is -0.465 e. The summed E-state index contributed by atoms with van der Waals surface area (Å²) >= 11 is 0. The Morgan fingerprint density at radius 1 is 0.815 bits per heavy atom. The summed E-state index contributed by atoms with van der Waals surface area (Å²) in [6.45, 7) is 6.22. The first-order valence-electron chi connectivity index (χ1n) is 9.65. The van der Waals surface area contributed by atoms with Crippen molar-refractivity contribution in [3.05, 3.63) is 0 Å². The molecule has 158 valence electrons. The molecule has 0 heterocycles. The zero-order chi connectivity index (χ0) is 20.5. The molecule has 0 aromatic rings. The van der Waals surface area contributed by atoms with Gasteiger partial charge < -0.3 is 24.1 Å². The van der Waals surface area contributed by atoms with Crippen molar-refractivity contribution in [2.75, 3.05) is 39.6 Å². The summed E-state index contributed by atoms with van der Waals surface area (Å²) in [5.41, 5.74) is 0. The van der Waals surface area contributed by atoms with Crippen LogP contribution in [0.3, 0.4) is 0 Å². The quantitative estimate of drug-likeness (QED) is 0.242. The molecule has 27 heavy (non-hydrogen) atoms. The van der Waals surface area contributed by atoms with E-state index in [9.17, 15) is 14.4 Å². The van der Waals surface area contributed by atoms with Crippen LogP contribution in [-0.2, 0) is 33.3 Å². The number of aliphatic hydroxyl groups excluding tert-OH is 1. The number of rotatable bonds is 16. The van der Waals surface area contributed by atoms with Crippen molar-refractivity contribution in [2.24, 2.45) is 11.8 Å². The number of carbonyl (C=O) groups excluding carboxylic acids is 3. The van der Waals surface area contributed by atoms with Crippen molar-refractivity contribution < 1.29 is 38.4 Å². The largest absolute Gasteiger partial charge is 0.465 e. The molecule has 1 N–H and O–H groups in total. The summed E-state index contributed by atoms with van der Waals surface area (Å²) in [7, 11) is 0. The van der Waals surface area contributed by atoms with E-state index < -0.39 is 29.7 Å². The van der Waals surface area contributed by atoms with E-state index in [2.05, 4.69) is 0 Å². The summed E-state index contributed by atoms with van der Waals surface area (Å²) in [5, 5.41) is 8.61. The van der Waals surface area contributed by atoms with Gasteiger partial charge in [0.05, 0.1) is 51.3 Å². The van der Waals surface area contributed by atoms with E-state index in [4.69, 9.17) is 24.1 Å². The molecule has 0 aliphatic carbocycles. The Hall–Kier alpha value is -1.67. The van der Waals surface area contributed by atoms with E-state index in [1.807, 2.05) is 13.8 Å². The number of ether oxygens (including phenoxy) is 4. The summed E-state index contributed by atoms with van der Waals surface area (Å²) in [6, 6.07) is 0. The maximum atomic E-state index is 12.4. The molecule has 0 saturated heterocycles. The van der Waals surface area contributed by atoms with Gasteiger partial charge in [-0.1, -0.05) is 33.6 Å². The average Bonchev–Trinajstić information content (AvgIpc) is 2.65. The third kappa shape index (κ3) is 12.4. The molecule has 0 aliphatic heterocycles. The Labute approximate surface area is 161 Å². The van der Waals surface area contributed by atoms with Crippen molar-refractivity contribution in [3.63, 3.8) is 0 Å². The van der Waals surface area contributed by atoms with Crippen molar-refractivity contribution in [1.29, 1.82) is 0 Å². The molecule has 8 nitrogen and oxygen atoms in total. The fourth-order valence-corrected chi connectivity index (χ4v) is 2.12. The van der Waals surface area contributed by atoms with E-state index >= 15 is 0 Å². The van der Waals surface area contributed by atoms with Crippen LogP contribution in [0.25, 0.3) is 0 Å². The van der Waals surface area contributed by atoms with Crippen LogP contribution in [0.5, 0.6) is 0 Å². The van der Waals surface area contributed by atoms with Crippen molar-refractivity contribution in [2.45, 2.75) is 52.9 Å². The zero-order valence-corrected chi connectivity index (χ0v) is 16.7. The van der Waals surface area contributed by atoms with Gasteiger partial charge in [-0.25, -0.2) is 0 Å². The van der Waals surface area contributed by atoms with Crippen molar-refractivity contribution >= 4 is 17.9 Å². The van der Waals surface area contributed by atoms with Crippen LogP contribution in [0.4, 0.5) is 0 Å². The number of esters is 3. The lowest BCUT2D eigenvalue weighted by Gasteiger charge is -2.21. The van der Waals surface area contributed by atoms with E-state index in [1.165, 1.54) is 0 Å². The lowest BCUT2D eigenvalue weighted by Crippen LogP contribution is -2.33. The fraction of sp³-hybridized carbons (Fsp3) is 0.842. The highest BCUT2D eigenvalue weighted by Crippen LogP contribution is 2.21. The molecule has 0 saturated carbocycles. The van der Waals surface area contributed by atoms with Crippen LogP contribution < -0.4 is 0 Å². The van der Waals surface area contributed by atoms with E-state index in [-0.39, 0.29) is 46.1 Å². The molecule has 0 aromatic heterocycles. The summed E-state index contributed by atoms with van der Waals surface area (Å²) < 4.78 is 20.4. The molecule has 0 spiro atoms. The predicted molar refractivity (Wildman–Crippen MR) is 97.9 cm³/mol. The monoisotopic (exact) mass is 390 g/mol. The van der Waals surface area contributed by atoms with E-state index in [0.717, 1.165) is 19.3 Å². The third-order valence-electron chi connectivity index (χ3n) is 3.88. The van der Waals surface area contributed by atoms with Gasteiger partial charge in [0.2, 0.25) is 0 Å². The molecule has 0 radical (unpaired) electrons. The minimum absolute atomic E-state index is 0.00572. The highest BCUT2D eigenvalue weighted by Gasteiger charge is 2.35. The maximum Gasteiger partial charge on any atom is 0.310 e. The lowest BCUT2D eigenvalue weighted by molar-refractivity contribution is -0.164. The Morgan fingerprint density at radius 2 is 1.41 bits per heavy atom. The van der Waals surface area contributed by atoms with Crippen molar-refractivity contribution in [3.8, 4) is 0 Å². The first-order chi connectivity index (χ1) is 13.0. The van der Waals surface area contributed by atoms with Crippen LogP contribution in [0.15, 0.2) is 0 Å². The molecular weight excluding hydrogens is 356 g/mol. The first kappa shape index (κ1) is 25.3. The molecule has 2 unspecified atom stereocenters. The normalized spacial score (nSPS) is 12.9. The number of carbonyl (C=O) groups is 3. The van der Waals surface area contributed by atoms with Gasteiger partial charge in [-0.05, 0) is 12.8 Å². The second-order valence-corrected chi connectivity index (χ2v) is 6.20. The topological polar surface area (TPSA) is 108 Å². The molecule has 0 fully saturated rings. The molecular formula is C19H34O8. The smallest absolute Gasteiger partial charge is 0.310 e. The Balaban J connectivity index is 4.68. The van der Waals surface area contributed by atoms with Gasteiger partial charge >= 0.3 is 17.9 Å². The summed E-state index contributed by atoms with van der Waals surface area (Å²) in [4.78, 5) is 36.6. The minimum atomic E-state index is -0.957. The fourth-order valence-electron chi connectivity index (χ4n) is 2.12. The van der Waals surface area contributed by atoms with Crippen LogP contribution >= 0.6 is 0 Å². The zero-order valence-electron chi connectivity index (χ0n) is 16.7. The van der Waals surface area contributed by atoms with Crippen LogP contribution in [0, 0.1) is 11.8 Å². The number of hydrogen-bond donors (Lipinski definition) is 1. The predicted octanol–water partition coefficient (Wildman–Crippen LogP) is 1.87. The van der Waals surface area contributed by atoms with Gasteiger partial charge in [-0.15, -0.1) is 0 Å².